The van der Waals surface area contributed by atoms with Crippen LogP contribution in [0.15, 0.2) is 24.5 Å². The van der Waals surface area contributed by atoms with Gasteiger partial charge in [0.25, 0.3) is 0 Å². The molecule has 2 fully saturated rings. The zero-order valence-electron chi connectivity index (χ0n) is 26.4. The fraction of sp³-hybridized carbons (Fsp3) is 0.645. The Morgan fingerprint density at radius 2 is 1.51 bits per heavy atom. The first-order valence-corrected chi connectivity index (χ1v) is 15.1. The summed E-state index contributed by atoms with van der Waals surface area (Å²) in [5, 5.41) is 6.86. The van der Waals surface area contributed by atoms with E-state index >= 15 is 0 Å². The molecule has 5 heterocycles. The molecule has 218 valence electrons. The van der Waals surface area contributed by atoms with Gasteiger partial charge in [-0.25, -0.2) is 15.0 Å². The van der Waals surface area contributed by atoms with Crippen LogP contribution < -0.4 is 15.5 Å². The van der Waals surface area contributed by atoms with Crippen LogP contribution in [-0.2, 0) is 0 Å². The van der Waals surface area contributed by atoms with Crippen molar-refractivity contribution in [2.45, 2.75) is 101 Å². The van der Waals surface area contributed by atoms with Crippen molar-refractivity contribution in [2.24, 2.45) is 5.41 Å². The Morgan fingerprint density at radius 1 is 0.897 bits per heavy atom. The van der Waals surface area contributed by atoms with Gasteiger partial charge in [0.2, 0.25) is 5.95 Å². The van der Waals surface area contributed by atoms with E-state index in [-0.39, 0.29) is 0 Å². The summed E-state index contributed by atoms with van der Waals surface area (Å²) in [7, 11) is 0. The molecule has 5 rings (SSSR count). The highest BCUT2D eigenvalue weighted by Gasteiger charge is 2.36. The third-order valence-corrected chi connectivity index (χ3v) is 6.94. The first-order chi connectivity index (χ1) is 19.0. The SMILES string of the molecule is CC.CC.CC.Cc1nc2cnc(Nc3ccnc(N4CCC5(CCNCC5)CC4)n3)cc2n1C(C)C.[CH2+]C. The lowest BCUT2D eigenvalue weighted by Crippen LogP contribution is -2.46. The van der Waals surface area contributed by atoms with Gasteiger partial charge in [-0.3, -0.25) is 0 Å². The summed E-state index contributed by atoms with van der Waals surface area (Å²) >= 11 is 0. The maximum atomic E-state index is 4.80. The lowest BCUT2D eigenvalue weighted by molar-refractivity contribution is 0.154. The normalized spacial score (nSPS) is 15.5. The molecule has 0 bridgehead atoms. The molecule has 3 aromatic rings. The Kier molecular flexibility index (Phi) is 15.5. The second kappa shape index (κ2) is 17.7. The topological polar surface area (TPSA) is 83.8 Å². The molecule has 2 aliphatic heterocycles. The summed E-state index contributed by atoms with van der Waals surface area (Å²) in [5.41, 5.74) is 2.52. The molecule has 2 aliphatic rings. The molecule has 0 atom stereocenters. The van der Waals surface area contributed by atoms with Crippen LogP contribution in [0, 0.1) is 19.3 Å². The van der Waals surface area contributed by atoms with Gasteiger partial charge in [-0.2, -0.15) is 4.98 Å². The molecule has 39 heavy (non-hydrogen) atoms. The molecule has 0 unspecified atom stereocenters. The van der Waals surface area contributed by atoms with Gasteiger partial charge in [0.15, 0.2) is 0 Å². The monoisotopic (exact) mass is 539 g/mol. The highest BCUT2D eigenvalue weighted by molar-refractivity contribution is 5.79. The van der Waals surface area contributed by atoms with E-state index in [0.717, 1.165) is 60.6 Å². The quantitative estimate of drug-likeness (QED) is 0.328. The number of anilines is 3. The predicted molar refractivity (Wildman–Crippen MR) is 169 cm³/mol. The van der Waals surface area contributed by atoms with Gasteiger partial charge in [0.1, 0.15) is 23.0 Å². The zero-order valence-corrected chi connectivity index (χ0v) is 26.4. The standard InChI is InChI=1S/C23H32N8.3C2H6.C2H5/c1-16(2)31-17(3)27-18-15-26-21(14-19(18)31)28-20-4-9-25-22(29-20)30-12-7-23(8-13-30)5-10-24-11-6-23;4*1-2/h4,9,14-16,24H,5-8,10-13H2,1-3H3,(H,25,26,28,29);3*1-2H3;1H2,2H3/q;;;;+1. The summed E-state index contributed by atoms with van der Waals surface area (Å²) in [6.07, 6.45) is 8.71. The maximum absolute atomic E-state index is 4.80. The molecular formula is C31H55N8+. The van der Waals surface area contributed by atoms with Crippen molar-refractivity contribution >= 4 is 28.6 Å². The number of piperidine rings is 2. The number of nitrogens with zero attached hydrogens (tertiary/aromatic N) is 6. The fourth-order valence-electron chi connectivity index (χ4n) is 5.18. The van der Waals surface area contributed by atoms with Gasteiger partial charge in [0.05, 0.1) is 25.6 Å². The number of hydrogen-bond donors (Lipinski definition) is 2. The van der Waals surface area contributed by atoms with Crippen molar-refractivity contribution in [1.82, 2.24) is 29.8 Å². The van der Waals surface area contributed by atoms with Crippen LogP contribution in [0.3, 0.4) is 0 Å². The minimum atomic E-state index is 0.341. The summed E-state index contributed by atoms with van der Waals surface area (Å²) in [5.74, 6) is 3.35. The molecule has 0 aromatic carbocycles. The number of nitrogens with one attached hydrogen (secondary N) is 2. The molecule has 0 saturated carbocycles. The van der Waals surface area contributed by atoms with Crippen LogP contribution in [0.25, 0.3) is 11.0 Å². The van der Waals surface area contributed by atoms with Gasteiger partial charge in [-0.15, -0.1) is 0 Å². The van der Waals surface area contributed by atoms with Crippen LogP contribution in [-0.4, -0.2) is 50.7 Å². The van der Waals surface area contributed by atoms with Gasteiger partial charge >= 0.3 is 0 Å². The number of hydrogen-bond acceptors (Lipinski definition) is 7. The third-order valence-electron chi connectivity index (χ3n) is 6.94. The highest BCUT2D eigenvalue weighted by Crippen LogP contribution is 2.40. The maximum Gasteiger partial charge on any atom is 0.227 e. The second-order valence-corrected chi connectivity index (χ2v) is 9.28. The Balaban J connectivity index is 0.000000874. The summed E-state index contributed by atoms with van der Waals surface area (Å²) in [6.45, 7) is 27.7. The molecule has 2 N–H and O–H groups in total. The summed E-state index contributed by atoms with van der Waals surface area (Å²) < 4.78 is 2.23. The Labute approximate surface area is 238 Å². The zero-order chi connectivity index (χ0) is 29.4. The average Bonchev–Trinajstić information content (AvgIpc) is 3.33. The first-order valence-electron chi connectivity index (χ1n) is 15.1. The largest absolute Gasteiger partial charge is 0.341 e. The van der Waals surface area contributed by atoms with Gasteiger partial charge in [0, 0.05) is 31.4 Å². The number of rotatable bonds is 4. The Morgan fingerprint density at radius 3 is 2.10 bits per heavy atom. The molecule has 2 saturated heterocycles. The first kappa shape index (κ1) is 34.2. The molecule has 0 aliphatic carbocycles. The van der Waals surface area contributed by atoms with Crippen molar-refractivity contribution in [3.63, 3.8) is 0 Å². The number of imidazole rings is 1. The minimum absolute atomic E-state index is 0.341. The van der Waals surface area contributed by atoms with Crippen molar-refractivity contribution in [3.05, 3.63) is 37.3 Å². The van der Waals surface area contributed by atoms with E-state index < -0.39 is 0 Å². The van der Waals surface area contributed by atoms with Crippen LogP contribution in [0.4, 0.5) is 17.6 Å². The minimum Gasteiger partial charge on any atom is -0.341 e. The van der Waals surface area contributed by atoms with Gasteiger partial charge < -0.3 is 20.1 Å². The Bertz CT molecular complexity index is 1060. The van der Waals surface area contributed by atoms with Crippen LogP contribution in [0.2, 0.25) is 0 Å². The van der Waals surface area contributed by atoms with Gasteiger partial charge in [-0.1, -0.05) is 41.5 Å². The molecule has 1 spiro atoms. The van der Waals surface area contributed by atoms with Crippen molar-refractivity contribution in [1.29, 1.82) is 0 Å². The predicted octanol–water partition coefficient (Wildman–Crippen LogP) is 7.74. The van der Waals surface area contributed by atoms with Crippen LogP contribution in [0.1, 0.15) is 99.9 Å². The summed E-state index contributed by atoms with van der Waals surface area (Å²) in [4.78, 5) is 20.9. The summed E-state index contributed by atoms with van der Waals surface area (Å²) in [6, 6.07) is 4.30. The van der Waals surface area contributed by atoms with Crippen molar-refractivity contribution in [2.75, 3.05) is 36.4 Å². The lowest BCUT2D eigenvalue weighted by atomic mass is 9.72. The Hall–Kier alpha value is -2.87. The fourth-order valence-corrected chi connectivity index (χ4v) is 5.18. The van der Waals surface area contributed by atoms with E-state index in [1.54, 1.807) is 6.92 Å². The van der Waals surface area contributed by atoms with Crippen molar-refractivity contribution in [3.8, 4) is 0 Å². The van der Waals surface area contributed by atoms with E-state index in [4.69, 9.17) is 4.98 Å². The smallest absolute Gasteiger partial charge is 0.227 e. The number of aryl methyl sites for hydroxylation is 1. The van der Waals surface area contributed by atoms with E-state index in [9.17, 15) is 0 Å². The molecule has 8 heteroatoms. The van der Waals surface area contributed by atoms with Gasteiger partial charge in [-0.05, 0) is 71.0 Å². The second-order valence-electron chi connectivity index (χ2n) is 9.28. The number of fused-ring (bicyclic) bond motifs is 1. The molecule has 0 amide bonds. The number of pyridine rings is 1. The average molecular weight is 540 g/mol. The van der Waals surface area contributed by atoms with Crippen molar-refractivity contribution < 1.29 is 0 Å². The molecule has 8 nitrogen and oxygen atoms in total. The molecular weight excluding hydrogens is 484 g/mol. The van der Waals surface area contributed by atoms with E-state index in [1.165, 1.54) is 25.7 Å². The number of aromatic nitrogens is 5. The van der Waals surface area contributed by atoms with E-state index in [2.05, 4.69) is 61.9 Å². The third kappa shape index (κ3) is 8.82. The van der Waals surface area contributed by atoms with E-state index in [1.807, 2.05) is 66.9 Å². The van der Waals surface area contributed by atoms with E-state index in [0.29, 0.717) is 11.5 Å². The van der Waals surface area contributed by atoms with Crippen LogP contribution in [0.5, 0.6) is 0 Å². The molecule has 3 aromatic heterocycles. The highest BCUT2D eigenvalue weighted by atomic mass is 15.3. The van der Waals surface area contributed by atoms with Crippen LogP contribution >= 0.6 is 0 Å². The lowest BCUT2D eigenvalue weighted by Gasteiger charge is -2.44. The molecule has 0 radical (unpaired) electrons.